The minimum atomic E-state index is -0.550. The number of allylic oxidation sites excluding steroid dienone is 2. The summed E-state index contributed by atoms with van der Waals surface area (Å²) in [5, 5.41) is 0. The molecule has 6 nitrogen and oxygen atoms in total. The highest BCUT2D eigenvalue weighted by Gasteiger charge is 2.70. The Morgan fingerprint density at radius 3 is 2.33 bits per heavy atom. The minimum Gasteiger partial charge on any atom is -0.463 e. The third kappa shape index (κ3) is 4.53. The van der Waals surface area contributed by atoms with Crippen LogP contribution in [0.15, 0.2) is 11.6 Å². The van der Waals surface area contributed by atoms with Gasteiger partial charge in [0.25, 0.3) is 0 Å². The van der Waals surface area contributed by atoms with E-state index < -0.39 is 5.41 Å². The zero-order chi connectivity index (χ0) is 31.2. The number of ether oxygens (including phenoxy) is 3. The Hall–Kier alpha value is -1.69. The second kappa shape index (κ2) is 10.2. The van der Waals surface area contributed by atoms with Gasteiger partial charge in [-0.3, -0.25) is 14.4 Å². The number of hydrogen-bond donors (Lipinski definition) is 0. The third-order valence-electron chi connectivity index (χ3n) is 14.7. The molecule has 1 saturated heterocycles. The smallest absolute Gasteiger partial charge is 0.311 e. The van der Waals surface area contributed by atoms with Crippen molar-refractivity contribution in [1.82, 2.24) is 0 Å². The molecule has 0 aromatic heterocycles. The van der Waals surface area contributed by atoms with Crippen LogP contribution in [0.4, 0.5) is 0 Å². The monoisotopic (exact) mass is 596 g/mol. The fourth-order valence-corrected chi connectivity index (χ4v) is 11.9. The SMILES string of the molecule is CC(=O)O[C@@H]1CC[C@]2(C)[C@H](CC[C@]3(C)[C@@H]2C(=O)C=C2[C@@H]4C[C@](C)(C(=O)OC[C@@H]5CCCO5)CC[C@]4(C)CC[C@]23C)C1(C)C. The molecular formula is C37H56O6. The van der Waals surface area contributed by atoms with E-state index >= 15 is 0 Å². The van der Waals surface area contributed by atoms with Gasteiger partial charge in [-0.15, -0.1) is 0 Å². The Labute approximate surface area is 259 Å². The first-order valence-electron chi connectivity index (χ1n) is 17.2. The van der Waals surface area contributed by atoms with Gasteiger partial charge in [-0.1, -0.05) is 47.1 Å². The highest BCUT2D eigenvalue weighted by molar-refractivity contribution is 5.95. The van der Waals surface area contributed by atoms with Gasteiger partial charge in [-0.05, 0) is 117 Å². The van der Waals surface area contributed by atoms with E-state index in [-0.39, 0.29) is 63.1 Å². The molecule has 5 fully saturated rings. The van der Waals surface area contributed by atoms with Crippen molar-refractivity contribution in [3.63, 3.8) is 0 Å². The van der Waals surface area contributed by atoms with Crippen LogP contribution >= 0.6 is 0 Å². The second-order valence-corrected chi connectivity index (χ2v) is 17.4. The lowest BCUT2D eigenvalue weighted by Gasteiger charge is -2.70. The van der Waals surface area contributed by atoms with Crippen molar-refractivity contribution in [3.05, 3.63) is 11.6 Å². The summed E-state index contributed by atoms with van der Waals surface area (Å²) in [5.74, 6) is 0.440. The fourth-order valence-electron chi connectivity index (χ4n) is 11.9. The number of carbonyl (C=O) groups is 3. The lowest BCUT2D eigenvalue weighted by atomic mass is 9.33. The molecule has 6 rings (SSSR count). The van der Waals surface area contributed by atoms with Crippen molar-refractivity contribution in [3.8, 4) is 0 Å². The first kappa shape index (κ1) is 31.3. The van der Waals surface area contributed by atoms with Gasteiger partial charge in [0.2, 0.25) is 0 Å². The molecule has 0 unspecified atom stereocenters. The van der Waals surface area contributed by atoms with E-state index in [2.05, 4.69) is 54.5 Å². The summed E-state index contributed by atoms with van der Waals surface area (Å²) >= 11 is 0. The predicted molar refractivity (Wildman–Crippen MR) is 165 cm³/mol. The van der Waals surface area contributed by atoms with Crippen molar-refractivity contribution < 1.29 is 28.6 Å². The van der Waals surface area contributed by atoms with Gasteiger partial charge in [0.1, 0.15) is 12.7 Å². The highest BCUT2D eigenvalue weighted by atomic mass is 16.6. The van der Waals surface area contributed by atoms with Crippen LogP contribution < -0.4 is 0 Å². The summed E-state index contributed by atoms with van der Waals surface area (Å²) < 4.78 is 17.5. The largest absolute Gasteiger partial charge is 0.463 e. The summed E-state index contributed by atoms with van der Waals surface area (Å²) in [7, 11) is 0. The van der Waals surface area contributed by atoms with Gasteiger partial charge in [-0.25, -0.2) is 0 Å². The van der Waals surface area contributed by atoms with E-state index in [9.17, 15) is 14.4 Å². The molecule has 0 radical (unpaired) electrons. The third-order valence-corrected chi connectivity index (χ3v) is 14.7. The number of hydrogen-bond acceptors (Lipinski definition) is 6. The number of fused-ring (bicyclic) bond motifs is 7. The van der Waals surface area contributed by atoms with Crippen LogP contribution in [0, 0.1) is 50.2 Å². The van der Waals surface area contributed by atoms with Crippen molar-refractivity contribution >= 4 is 17.7 Å². The number of carbonyl (C=O) groups excluding carboxylic acids is 3. The van der Waals surface area contributed by atoms with E-state index in [4.69, 9.17) is 14.2 Å². The molecule has 0 aromatic rings. The molecular weight excluding hydrogens is 540 g/mol. The summed E-state index contributed by atoms with van der Waals surface area (Å²) in [6, 6.07) is 0. The highest BCUT2D eigenvalue weighted by Crippen LogP contribution is 2.75. The summed E-state index contributed by atoms with van der Waals surface area (Å²) in [4.78, 5) is 40.2. The van der Waals surface area contributed by atoms with Crippen LogP contribution in [0.5, 0.6) is 0 Å². The first-order chi connectivity index (χ1) is 20.0. The Morgan fingerprint density at radius 1 is 0.930 bits per heavy atom. The van der Waals surface area contributed by atoms with E-state index in [0.29, 0.717) is 18.3 Å². The van der Waals surface area contributed by atoms with Crippen LogP contribution in [0.1, 0.15) is 126 Å². The number of ketones is 1. The van der Waals surface area contributed by atoms with Crippen molar-refractivity contribution in [2.75, 3.05) is 13.2 Å². The van der Waals surface area contributed by atoms with Crippen LogP contribution in [0.3, 0.4) is 0 Å². The second-order valence-electron chi connectivity index (χ2n) is 17.4. The molecule has 10 atom stereocenters. The Kier molecular flexibility index (Phi) is 7.39. The van der Waals surface area contributed by atoms with Crippen molar-refractivity contribution in [2.24, 2.45) is 50.2 Å². The lowest BCUT2D eigenvalue weighted by molar-refractivity contribution is -0.210. The number of rotatable bonds is 4. The van der Waals surface area contributed by atoms with E-state index in [0.717, 1.165) is 77.2 Å². The summed E-state index contributed by atoms with van der Waals surface area (Å²) in [6.07, 6.45) is 12.5. The average molecular weight is 597 g/mol. The molecule has 0 aromatic carbocycles. The van der Waals surface area contributed by atoms with Crippen LogP contribution in [-0.2, 0) is 28.6 Å². The average Bonchev–Trinajstić information content (AvgIpc) is 3.45. The van der Waals surface area contributed by atoms with Gasteiger partial charge in [0, 0.05) is 24.9 Å². The summed E-state index contributed by atoms with van der Waals surface area (Å²) in [5.41, 5.74) is 0.270. The molecule has 5 aliphatic carbocycles. The topological polar surface area (TPSA) is 78.9 Å². The molecule has 6 heteroatoms. The van der Waals surface area contributed by atoms with Gasteiger partial charge in [-0.2, -0.15) is 0 Å². The Bertz CT molecular complexity index is 1210. The van der Waals surface area contributed by atoms with Crippen molar-refractivity contribution in [1.29, 1.82) is 0 Å². The molecule has 0 spiro atoms. The molecule has 4 saturated carbocycles. The maximum atomic E-state index is 14.6. The van der Waals surface area contributed by atoms with Crippen LogP contribution in [-0.4, -0.2) is 43.1 Å². The van der Waals surface area contributed by atoms with E-state index in [1.807, 2.05) is 0 Å². The molecule has 0 bridgehead atoms. The standard InChI is InChI=1S/C37H56O6/c1-23(38)43-29-12-13-35(6)28(32(29,2)3)11-14-37(8)30(35)27(39)20-25-26-21-34(5,31(40)42-22-24-10-9-19-41-24)16-15-33(26,4)17-18-36(25,37)7/h20,24,26,28-30H,9-19,21-22H2,1-8H3/t24-,26-,28+,29+,30+,33+,34+,35+,36+,37+/m0/s1. The van der Waals surface area contributed by atoms with Crippen LogP contribution in [0.25, 0.3) is 0 Å². The summed E-state index contributed by atoms with van der Waals surface area (Å²) in [6.45, 7) is 18.9. The minimum absolute atomic E-state index is 0.0282. The van der Waals surface area contributed by atoms with E-state index in [1.165, 1.54) is 12.5 Å². The fraction of sp³-hybridized carbons (Fsp3) is 0.865. The zero-order valence-electron chi connectivity index (χ0n) is 28.1. The molecule has 6 aliphatic rings. The maximum Gasteiger partial charge on any atom is 0.311 e. The Balaban J connectivity index is 1.32. The van der Waals surface area contributed by atoms with Gasteiger partial charge < -0.3 is 14.2 Å². The van der Waals surface area contributed by atoms with Gasteiger partial charge in [0.05, 0.1) is 11.5 Å². The molecule has 43 heavy (non-hydrogen) atoms. The normalized spacial score (nSPS) is 48.6. The molecule has 0 amide bonds. The lowest BCUT2D eigenvalue weighted by Crippen LogP contribution is -2.66. The molecule has 1 aliphatic heterocycles. The predicted octanol–water partition coefficient (Wildman–Crippen LogP) is 7.62. The van der Waals surface area contributed by atoms with Gasteiger partial charge >= 0.3 is 11.9 Å². The number of esters is 2. The zero-order valence-corrected chi connectivity index (χ0v) is 28.1. The first-order valence-corrected chi connectivity index (χ1v) is 17.2. The van der Waals surface area contributed by atoms with Crippen LogP contribution in [0.2, 0.25) is 0 Å². The molecule has 0 N–H and O–H groups in total. The quantitative estimate of drug-likeness (QED) is 0.311. The molecule has 240 valence electrons. The Morgan fingerprint density at radius 2 is 1.65 bits per heavy atom. The van der Waals surface area contributed by atoms with Crippen molar-refractivity contribution in [2.45, 2.75) is 138 Å². The maximum absolute atomic E-state index is 14.6. The van der Waals surface area contributed by atoms with Gasteiger partial charge in [0.15, 0.2) is 5.78 Å². The molecule has 1 heterocycles. The van der Waals surface area contributed by atoms with E-state index in [1.54, 1.807) is 0 Å².